The summed E-state index contributed by atoms with van der Waals surface area (Å²) >= 11 is 0. The smallest absolute Gasteiger partial charge is 0.211 e. The Balaban J connectivity index is 4.41. The Morgan fingerprint density at radius 1 is 1.15 bits per heavy atom. The van der Waals surface area contributed by atoms with Crippen molar-refractivity contribution >= 4 is 0 Å². The lowest BCUT2D eigenvalue weighted by atomic mass is 10.1. The summed E-state index contributed by atoms with van der Waals surface area (Å²) in [5, 5.41) is 0. The van der Waals surface area contributed by atoms with E-state index in [-0.39, 0.29) is 12.5 Å². The van der Waals surface area contributed by atoms with Crippen LogP contribution in [0, 0.1) is 5.92 Å². The van der Waals surface area contributed by atoms with Crippen molar-refractivity contribution in [3.05, 3.63) is 0 Å². The molecule has 4 heteroatoms. The molecule has 0 aliphatic heterocycles. The summed E-state index contributed by atoms with van der Waals surface area (Å²) < 4.78 is 37.3. The molecule has 0 amide bonds. The van der Waals surface area contributed by atoms with E-state index in [0.29, 0.717) is 11.3 Å². The van der Waals surface area contributed by atoms with E-state index >= 15 is 0 Å². The lowest BCUT2D eigenvalue weighted by Crippen LogP contribution is -2.46. The molecule has 0 aromatic carbocycles. The van der Waals surface area contributed by atoms with E-state index in [0.717, 1.165) is 0 Å². The molecule has 0 saturated carbocycles. The summed E-state index contributed by atoms with van der Waals surface area (Å²) in [6, 6.07) is -0.444. The summed E-state index contributed by atoms with van der Waals surface area (Å²) in [5.41, 5.74) is 0. The van der Waals surface area contributed by atoms with Crippen molar-refractivity contribution in [3.8, 4) is 0 Å². The highest BCUT2D eigenvalue weighted by atomic mass is 19.4. The van der Waals surface area contributed by atoms with E-state index in [2.05, 4.69) is 0 Å². The third-order valence-electron chi connectivity index (χ3n) is 2.25. The van der Waals surface area contributed by atoms with Gasteiger partial charge in [-0.25, -0.2) is 4.90 Å². The van der Waals surface area contributed by atoms with Crippen LogP contribution in [0.4, 0.5) is 13.2 Å². The molecule has 13 heavy (non-hydrogen) atoms. The molecular formula is C9H18F3N. The zero-order chi connectivity index (χ0) is 10.6. The highest BCUT2D eigenvalue weighted by molar-refractivity contribution is 4.71. The van der Waals surface area contributed by atoms with Crippen LogP contribution < -0.4 is 0 Å². The predicted molar refractivity (Wildman–Crippen MR) is 47.4 cm³/mol. The summed E-state index contributed by atoms with van der Waals surface area (Å²) in [7, 11) is 0. The van der Waals surface area contributed by atoms with Crippen LogP contribution in [0.5, 0.6) is 0 Å². The molecule has 0 unspecified atom stereocenters. The zero-order valence-electron chi connectivity index (χ0n) is 8.65. The van der Waals surface area contributed by atoms with Gasteiger partial charge >= 0.3 is 6.30 Å². The minimum Gasteiger partial charge on any atom is -0.211 e. The summed E-state index contributed by atoms with van der Waals surface area (Å²) in [4.78, 5) is 0.609. The Hall–Kier alpha value is -0.250. The van der Waals surface area contributed by atoms with Crippen molar-refractivity contribution in [1.82, 2.24) is 4.90 Å². The molecule has 0 heterocycles. The maximum atomic E-state index is 12.4. The second-order valence-electron chi connectivity index (χ2n) is 3.65. The molecule has 0 fully saturated rings. The number of hydrogen-bond donors (Lipinski definition) is 0. The molecule has 0 rings (SSSR count). The van der Waals surface area contributed by atoms with Crippen LogP contribution in [0.15, 0.2) is 0 Å². The molecule has 0 aliphatic carbocycles. The first kappa shape index (κ1) is 12.8. The van der Waals surface area contributed by atoms with E-state index in [9.17, 15) is 13.2 Å². The topological polar surface area (TPSA) is 3.24 Å². The third-order valence-corrected chi connectivity index (χ3v) is 2.25. The van der Waals surface area contributed by atoms with Crippen molar-refractivity contribution in [2.75, 3.05) is 6.54 Å². The van der Waals surface area contributed by atoms with E-state index in [1.165, 1.54) is 0 Å². The van der Waals surface area contributed by atoms with Gasteiger partial charge in [0, 0.05) is 12.6 Å². The van der Waals surface area contributed by atoms with Gasteiger partial charge in [0.25, 0.3) is 0 Å². The third kappa shape index (κ3) is 3.98. The van der Waals surface area contributed by atoms with Crippen molar-refractivity contribution in [1.29, 1.82) is 0 Å². The van der Waals surface area contributed by atoms with Crippen LogP contribution in [-0.2, 0) is 0 Å². The summed E-state index contributed by atoms with van der Waals surface area (Å²) in [6.45, 7) is 7.07. The number of nitrogens with zero attached hydrogens (tertiary/aromatic N) is 1. The number of halogens is 3. The van der Waals surface area contributed by atoms with Gasteiger partial charge in [-0.3, -0.25) is 0 Å². The molecule has 1 atom stereocenters. The maximum absolute atomic E-state index is 12.4. The average molecular weight is 197 g/mol. The van der Waals surface area contributed by atoms with Crippen LogP contribution in [0.2, 0.25) is 0 Å². The second-order valence-corrected chi connectivity index (χ2v) is 3.65. The van der Waals surface area contributed by atoms with E-state index in [1.54, 1.807) is 27.7 Å². The minimum atomic E-state index is -4.19. The van der Waals surface area contributed by atoms with Crippen molar-refractivity contribution in [2.45, 2.75) is 46.5 Å². The fourth-order valence-electron chi connectivity index (χ4n) is 1.16. The molecule has 0 aromatic heterocycles. The van der Waals surface area contributed by atoms with E-state index < -0.39 is 12.3 Å². The number of alkyl halides is 3. The molecule has 0 aromatic rings. The monoisotopic (exact) mass is 197 g/mol. The molecule has 0 radical (unpaired) electrons. The lowest BCUT2D eigenvalue weighted by Gasteiger charge is -2.32. The van der Waals surface area contributed by atoms with E-state index in [1.807, 2.05) is 0 Å². The average Bonchev–Trinajstić information content (AvgIpc) is 1.96. The molecule has 1 nitrogen and oxygen atoms in total. The SMILES string of the molecule is CCCN([C@@H](C)C(C)C)C(F)(F)F. The van der Waals surface area contributed by atoms with Gasteiger partial charge in [0.05, 0.1) is 0 Å². The van der Waals surface area contributed by atoms with Gasteiger partial charge in [0.15, 0.2) is 0 Å². The van der Waals surface area contributed by atoms with E-state index in [4.69, 9.17) is 0 Å². The zero-order valence-corrected chi connectivity index (χ0v) is 8.65. The fraction of sp³-hybridized carbons (Fsp3) is 1.00. The standard InChI is InChI=1S/C9H18F3N/c1-5-6-13(9(10,11)12)8(4)7(2)3/h7-8H,5-6H2,1-4H3/t8-/m0/s1. The first-order valence-corrected chi connectivity index (χ1v) is 4.64. The van der Waals surface area contributed by atoms with Crippen molar-refractivity contribution in [2.24, 2.45) is 5.92 Å². The highest BCUT2D eigenvalue weighted by Gasteiger charge is 2.40. The van der Waals surface area contributed by atoms with Gasteiger partial charge < -0.3 is 0 Å². The van der Waals surface area contributed by atoms with Crippen LogP contribution in [0.3, 0.4) is 0 Å². The van der Waals surface area contributed by atoms with Gasteiger partial charge in [-0.05, 0) is 19.3 Å². The van der Waals surface area contributed by atoms with Crippen molar-refractivity contribution in [3.63, 3.8) is 0 Å². The fourth-order valence-corrected chi connectivity index (χ4v) is 1.16. The Labute approximate surface area is 77.9 Å². The Morgan fingerprint density at radius 3 is 1.85 bits per heavy atom. The van der Waals surface area contributed by atoms with Gasteiger partial charge in [-0.15, -0.1) is 0 Å². The molecule has 80 valence electrons. The Kier molecular flexibility index (Phi) is 4.75. The van der Waals surface area contributed by atoms with Gasteiger partial charge in [-0.2, -0.15) is 13.2 Å². The molecular weight excluding hydrogens is 179 g/mol. The second kappa shape index (κ2) is 4.84. The minimum absolute atomic E-state index is 0.0215. The Morgan fingerprint density at radius 2 is 1.62 bits per heavy atom. The summed E-state index contributed by atoms with van der Waals surface area (Å²) in [6.07, 6.45) is -3.67. The van der Waals surface area contributed by atoms with Crippen molar-refractivity contribution < 1.29 is 13.2 Å². The van der Waals surface area contributed by atoms with Gasteiger partial charge in [-0.1, -0.05) is 20.8 Å². The molecule has 0 N–H and O–H groups in total. The lowest BCUT2D eigenvalue weighted by molar-refractivity contribution is -0.260. The van der Waals surface area contributed by atoms with Crippen LogP contribution >= 0.6 is 0 Å². The molecule has 0 spiro atoms. The predicted octanol–water partition coefficient (Wildman–Crippen LogP) is 3.26. The maximum Gasteiger partial charge on any atom is 0.460 e. The normalized spacial score (nSPS) is 15.5. The number of rotatable bonds is 4. The van der Waals surface area contributed by atoms with Gasteiger partial charge in [0.1, 0.15) is 0 Å². The van der Waals surface area contributed by atoms with Crippen LogP contribution in [0.1, 0.15) is 34.1 Å². The molecule has 0 bridgehead atoms. The molecule has 0 saturated heterocycles. The number of hydrogen-bond acceptors (Lipinski definition) is 1. The van der Waals surface area contributed by atoms with Crippen LogP contribution in [0.25, 0.3) is 0 Å². The van der Waals surface area contributed by atoms with Gasteiger partial charge in [0.2, 0.25) is 0 Å². The van der Waals surface area contributed by atoms with Crippen LogP contribution in [-0.4, -0.2) is 23.8 Å². The quantitative estimate of drug-likeness (QED) is 0.625. The highest BCUT2D eigenvalue weighted by Crippen LogP contribution is 2.26. The first-order chi connectivity index (χ1) is 5.80. The Bertz CT molecular complexity index is 142. The first-order valence-electron chi connectivity index (χ1n) is 4.64. The summed E-state index contributed by atoms with van der Waals surface area (Å²) in [5.74, 6) is 0.0215. The largest absolute Gasteiger partial charge is 0.460 e. The molecule has 0 aliphatic rings.